The lowest BCUT2D eigenvalue weighted by atomic mass is 9.95. The molecular formula is C12H24N2. The maximum atomic E-state index is 6.25. The van der Waals surface area contributed by atoms with Crippen LogP contribution in [-0.2, 0) is 0 Å². The SMILES string of the molecule is CCCC[NH+]1CCCC(CC)C1.[C-]#N. The number of unbranched alkanes of at least 4 members (excludes halogenated alkanes) is 1. The first-order valence-corrected chi connectivity index (χ1v) is 5.92. The third kappa shape index (κ3) is 5.24. The molecule has 1 aliphatic rings. The second-order valence-electron chi connectivity index (χ2n) is 4.22. The highest BCUT2D eigenvalue weighted by Gasteiger charge is 2.20. The normalized spacial score (nSPS) is 26.3. The fraction of sp³-hybridized carbons (Fsp3) is 0.917. The van der Waals surface area contributed by atoms with Gasteiger partial charge in [-0.15, -0.1) is 0 Å². The molecule has 1 heterocycles. The Kier molecular flexibility index (Phi) is 8.67. The molecule has 1 aliphatic heterocycles. The van der Waals surface area contributed by atoms with Gasteiger partial charge in [-0.05, 0) is 25.7 Å². The number of quaternary nitrogens is 1. The molecule has 0 bridgehead atoms. The lowest BCUT2D eigenvalue weighted by Crippen LogP contribution is -3.13. The molecule has 0 spiro atoms. The Hall–Kier alpha value is -0.550. The highest BCUT2D eigenvalue weighted by atomic mass is 15.1. The van der Waals surface area contributed by atoms with Gasteiger partial charge in [0.2, 0.25) is 0 Å². The Morgan fingerprint density at radius 3 is 2.64 bits per heavy atom. The van der Waals surface area contributed by atoms with E-state index in [2.05, 4.69) is 13.8 Å². The van der Waals surface area contributed by atoms with Crippen LogP contribution in [-0.4, -0.2) is 19.6 Å². The van der Waals surface area contributed by atoms with Crippen molar-refractivity contribution in [2.24, 2.45) is 5.92 Å². The first-order valence-electron chi connectivity index (χ1n) is 5.92. The van der Waals surface area contributed by atoms with Crippen LogP contribution in [0.15, 0.2) is 0 Å². The Labute approximate surface area is 88.9 Å². The summed E-state index contributed by atoms with van der Waals surface area (Å²) >= 11 is 0. The topological polar surface area (TPSA) is 28.2 Å². The third-order valence-electron chi connectivity index (χ3n) is 3.18. The predicted molar refractivity (Wildman–Crippen MR) is 58.5 cm³/mol. The minimum Gasteiger partial charge on any atom is -0.512 e. The Morgan fingerprint density at radius 2 is 2.07 bits per heavy atom. The minimum atomic E-state index is 1.03. The second kappa shape index (κ2) is 9.02. The number of likely N-dealkylation sites (tertiary alicyclic amines) is 1. The van der Waals surface area contributed by atoms with Gasteiger partial charge < -0.3 is 16.7 Å². The molecule has 2 atom stereocenters. The van der Waals surface area contributed by atoms with Crippen molar-refractivity contribution in [1.82, 2.24) is 0 Å². The number of piperidine rings is 1. The van der Waals surface area contributed by atoms with Gasteiger partial charge in [-0.2, -0.15) is 0 Å². The second-order valence-corrected chi connectivity index (χ2v) is 4.22. The number of nitrogens with zero attached hydrogens (tertiary/aromatic N) is 1. The number of hydrogen-bond acceptors (Lipinski definition) is 1. The van der Waals surface area contributed by atoms with Crippen LogP contribution >= 0.6 is 0 Å². The lowest BCUT2D eigenvalue weighted by molar-refractivity contribution is -0.909. The Morgan fingerprint density at radius 1 is 1.36 bits per heavy atom. The van der Waals surface area contributed by atoms with Crippen molar-refractivity contribution < 1.29 is 4.90 Å². The summed E-state index contributed by atoms with van der Waals surface area (Å²) in [6, 6.07) is 0. The molecule has 82 valence electrons. The van der Waals surface area contributed by atoms with Gasteiger partial charge in [0.15, 0.2) is 0 Å². The van der Waals surface area contributed by atoms with E-state index in [4.69, 9.17) is 11.8 Å². The molecule has 0 aromatic carbocycles. The number of hydrogen-bond donors (Lipinski definition) is 1. The molecule has 14 heavy (non-hydrogen) atoms. The number of rotatable bonds is 4. The summed E-state index contributed by atoms with van der Waals surface area (Å²) in [5.74, 6) is 1.03. The zero-order chi connectivity index (χ0) is 10.8. The fourth-order valence-electron chi connectivity index (χ4n) is 2.26. The maximum absolute atomic E-state index is 6.25. The molecule has 0 radical (unpaired) electrons. The van der Waals surface area contributed by atoms with Crippen LogP contribution in [0, 0.1) is 17.8 Å². The fourth-order valence-corrected chi connectivity index (χ4v) is 2.26. The molecule has 0 aromatic heterocycles. The van der Waals surface area contributed by atoms with Crippen LogP contribution in [0.3, 0.4) is 0 Å². The standard InChI is InChI=1S/C11H23N.CN/c1-3-5-8-12-9-6-7-11(4-2)10-12;1-2/h11H,3-10H2,1-2H3;/q;-1/p+1. The van der Waals surface area contributed by atoms with Gasteiger partial charge in [-0.25, -0.2) is 0 Å². The summed E-state index contributed by atoms with van der Waals surface area (Å²) < 4.78 is 0. The molecule has 2 nitrogen and oxygen atoms in total. The van der Waals surface area contributed by atoms with Gasteiger partial charge in [0.25, 0.3) is 0 Å². The van der Waals surface area contributed by atoms with Crippen LogP contribution in [0.5, 0.6) is 0 Å². The van der Waals surface area contributed by atoms with E-state index < -0.39 is 0 Å². The zero-order valence-electron chi connectivity index (χ0n) is 9.68. The summed E-state index contributed by atoms with van der Waals surface area (Å²) in [5.41, 5.74) is 0. The van der Waals surface area contributed by atoms with Crippen molar-refractivity contribution in [2.75, 3.05) is 19.6 Å². The van der Waals surface area contributed by atoms with E-state index in [0.717, 1.165) is 5.92 Å². The average molecular weight is 196 g/mol. The molecule has 1 N–H and O–H groups in total. The van der Waals surface area contributed by atoms with Crippen molar-refractivity contribution in [1.29, 1.82) is 5.26 Å². The van der Waals surface area contributed by atoms with Gasteiger partial charge in [-0.3, -0.25) is 0 Å². The molecule has 1 rings (SSSR count). The van der Waals surface area contributed by atoms with Crippen molar-refractivity contribution in [3.05, 3.63) is 6.57 Å². The molecule has 1 fully saturated rings. The minimum absolute atomic E-state index is 1.03. The Balaban J connectivity index is 0.000000791. The summed E-state index contributed by atoms with van der Waals surface area (Å²) in [4.78, 5) is 1.87. The van der Waals surface area contributed by atoms with Crippen molar-refractivity contribution in [3.8, 4) is 0 Å². The van der Waals surface area contributed by atoms with Crippen LogP contribution < -0.4 is 4.90 Å². The van der Waals surface area contributed by atoms with Crippen LogP contribution in [0.4, 0.5) is 0 Å². The summed E-state index contributed by atoms with van der Waals surface area (Å²) in [5, 5.41) is 6.25. The summed E-state index contributed by atoms with van der Waals surface area (Å²) in [6.45, 7) is 13.7. The monoisotopic (exact) mass is 196 g/mol. The quantitative estimate of drug-likeness (QED) is 0.680. The highest BCUT2D eigenvalue weighted by Crippen LogP contribution is 2.10. The molecule has 0 aliphatic carbocycles. The van der Waals surface area contributed by atoms with E-state index >= 15 is 0 Å². The molecule has 0 amide bonds. The van der Waals surface area contributed by atoms with Crippen molar-refractivity contribution in [2.45, 2.75) is 46.0 Å². The third-order valence-corrected chi connectivity index (χ3v) is 3.18. The smallest absolute Gasteiger partial charge is 0.0799 e. The van der Waals surface area contributed by atoms with Crippen LogP contribution in [0.1, 0.15) is 46.0 Å². The molecule has 0 saturated carbocycles. The van der Waals surface area contributed by atoms with E-state index in [1.807, 2.05) is 4.90 Å². The van der Waals surface area contributed by atoms with Crippen LogP contribution in [0.25, 0.3) is 0 Å². The molecule has 0 aromatic rings. The molecular weight excluding hydrogens is 172 g/mol. The van der Waals surface area contributed by atoms with Gasteiger partial charge in [0.05, 0.1) is 19.6 Å². The first kappa shape index (κ1) is 13.4. The largest absolute Gasteiger partial charge is 0.512 e. The molecule has 1 saturated heterocycles. The molecule has 2 heteroatoms. The maximum Gasteiger partial charge on any atom is 0.0799 e. The van der Waals surface area contributed by atoms with E-state index in [0.29, 0.717) is 0 Å². The van der Waals surface area contributed by atoms with E-state index in [1.165, 1.54) is 51.7 Å². The lowest BCUT2D eigenvalue weighted by Gasteiger charge is -2.29. The zero-order valence-corrected chi connectivity index (χ0v) is 9.68. The highest BCUT2D eigenvalue weighted by molar-refractivity contribution is 4.59. The van der Waals surface area contributed by atoms with Gasteiger partial charge >= 0.3 is 0 Å². The van der Waals surface area contributed by atoms with E-state index in [-0.39, 0.29) is 0 Å². The average Bonchev–Trinajstić information content (AvgIpc) is 2.29. The first-order chi connectivity index (χ1) is 6.86. The predicted octanol–water partition coefficient (Wildman–Crippen LogP) is 1.59. The van der Waals surface area contributed by atoms with E-state index in [1.54, 1.807) is 0 Å². The van der Waals surface area contributed by atoms with Gasteiger partial charge in [0.1, 0.15) is 0 Å². The van der Waals surface area contributed by atoms with Gasteiger partial charge in [0, 0.05) is 5.92 Å². The Bertz CT molecular complexity index is 143. The van der Waals surface area contributed by atoms with Crippen LogP contribution in [0.2, 0.25) is 0 Å². The number of nitrogens with one attached hydrogen (secondary N) is 1. The molecule has 2 unspecified atom stereocenters. The van der Waals surface area contributed by atoms with Crippen molar-refractivity contribution >= 4 is 0 Å². The summed E-state index contributed by atoms with van der Waals surface area (Å²) in [7, 11) is 0. The summed E-state index contributed by atoms with van der Waals surface area (Å²) in [6.07, 6.45) is 7.14. The van der Waals surface area contributed by atoms with E-state index in [9.17, 15) is 0 Å². The van der Waals surface area contributed by atoms with Gasteiger partial charge in [-0.1, -0.05) is 20.3 Å². The van der Waals surface area contributed by atoms with Crippen molar-refractivity contribution in [3.63, 3.8) is 0 Å².